The van der Waals surface area contributed by atoms with Gasteiger partial charge in [0.15, 0.2) is 11.5 Å². The smallest absolute Gasteiger partial charge is 0.331 e. The number of piperazine rings is 1. The summed E-state index contributed by atoms with van der Waals surface area (Å²) in [7, 11) is 3.81. The van der Waals surface area contributed by atoms with Gasteiger partial charge in [-0.2, -0.15) is 0 Å². The van der Waals surface area contributed by atoms with Crippen LogP contribution in [0, 0.1) is 0 Å². The largest absolute Gasteiger partial charge is 0.493 e. The number of benzene rings is 2. The van der Waals surface area contributed by atoms with Gasteiger partial charge in [0.05, 0.1) is 24.9 Å². The van der Waals surface area contributed by atoms with Crippen molar-refractivity contribution < 1.29 is 14.3 Å². The topological polar surface area (TPSA) is 97.6 Å². The van der Waals surface area contributed by atoms with Crippen molar-refractivity contribution in [1.82, 2.24) is 29.3 Å². The fourth-order valence-electron chi connectivity index (χ4n) is 4.39. The lowest BCUT2D eigenvalue weighted by atomic mass is 10.1. The predicted molar refractivity (Wildman–Crippen MR) is 142 cm³/mol. The summed E-state index contributed by atoms with van der Waals surface area (Å²) in [6.45, 7) is 6.07. The number of carbonyl (C=O) groups excluding carboxylic acids is 1. The summed E-state index contributed by atoms with van der Waals surface area (Å²) in [5.41, 5.74) is 3.12. The molecule has 0 bridgehead atoms. The molecule has 0 unspecified atom stereocenters. The number of methoxy groups -OCH3 is 1. The third kappa shape index (κ3) is 5.87. The lowest BCUT2D eigenvalue weighted by Crippen LogP contribution is -2.44. The van der Waals surface area contributed by atoms with Crippen molar-refractivity contribution in [3.63, 3.8) is 0 Å². The number of aromatic nitrogens is 4. The van der Waals surface area contributed by atoms with E-state index in [1.54, 1.807) is 25.8 Å². The Kier molecular flexibility index (Phi) is 7.57. The Morgan fingerprint density at radius 2 is 1.86 bits per heavy atom. The molecule has 1 saturated heterocycles. The zero-order chi connectivity index (χ0) is 25.6. The van der Waals surface area contributed by atoms with Crippen LogP contribution in [0.2, 0.25) is 0 Å². The molecule has 2 aromatic carbocycles. The minimum atomic E-state index is -0.279. The second kappa shape index (κ2) is 11.4. The fraction of sp³-hybridized carbons (Fsp3) is 0.333. The normalized spacial score (nSPS) is 14.5. The molecule has 2 aromatic heterocycles. The first-order valence-corrected chi connectivity index (χ1v) is 12.4. The SMILES string of the molecule is COc1cc2c(-c3ccc(NC(=O)n4ccnc4)cc3)ncnc2cc1OCCCN1CCN(C)CC1. The maximum Gasteiger partial charge on any atom is 0.331 e. The average molecular weight is 502 g/mol. The van der Waals surface area contributed by atoms with Gasteiger partial charge < -0.3 is 24.6 Å². The van der Waals surface area contributed by atoms with E-state index in [0.717, 1.165) is 61.3 Å². The van der Waals surface area contributed by atoms with Crippen LogP contribution in [0.15, 0.2) is 61.4 Å². The third-order valence-corrected chi connectivity index (χ3v) is 6.54. The quantitative estimate of drug-likeness (QED) is 0.366. The molecule has 5 rings (SSSR count). The van der Waals surface area contributed by atoms with E-state index >= 15 is 0 Å². The Bertz CT molecular complexity index is 1330. The highest BCUT2D eigenvalue weighted by molar-refractivity contribution is 5.95. The van der Waals surface area contributed by atoms with E-state index in [-0.39, 0.29) is 6.03 Å². The summed E-state index contributed by atoms with van der Waals surface area (Å²) < 4.78 is 13.1. The minimum absolute atomic E-state index is 0.279. The summed E-state index contributed by atoms with van der Waals surface area (Å²) in [6, 6.07) is 11.1. The van der Waals surface area contributed by atoms with Crippen LogP contribution in [0.25, 0.3) is 22.2 Å². The summed E-state index contributed by atoms with van der Waals surface area (Å²) in [4.78, 5) is 30.0. The molecule has 0 spiro atoms. The highest BCUT2D eigenvalue weighted by Crippen LogP contribution is 2.35. The van der Waals surface area contributed by atoms with Gasteiger partial charge in [0.2, 0.25) is 0 Å². The second-order valence-corrected chi connectivity index (χ2v) is 9.07. The summed E-state index contributed by atoms with van der Waals surface area (Å²) in [5.74, 6) is 1.32. The van der Waals surface area contributed by atoms with Gasteiger partial charge in [-0.25, -0.2) is 19.7 Å². The third-order valence-electron chi connectivity index (χ3n) is 6.54. The lowest BCUT2D eigenvalue weighted by molar-refractivity contribution is 0.145. The number of likely N-dealkylation sites (N-methyl/N-ethyl adjacent to an activating group) is 1. The van der Waals surface area contributed by atoms with Crippen LogP contribution in [0.3, 0.4) is 0 Å². The summed E-state index contributed by atoms with van der Waals surface area (Å²) in [5, 5.41) is 3.70. The molecule has 192 valence electrons. The van der Waals surface area contributed by atoms with Gasteiger partial charge >= 0.3 is 6.03 Å². The molecule has 10 nitrogen and oxygen atoms in total. The Labute approximate surface area is 215 Å². The number of amides is 1. The first-order valence-electron chi connectivity index (χ1n) is 12.4. The maximum absolute atomic E-state index is 12.3. The molecule has 0 aliphatic carbocycles. The Morgan fingerprint density at radius 3 is 2.59 bits per heavy atom. The number of ether oxygens (including phenoxy) is 2. The number of carbonyl (C=O) groups is 1. The van der Waals surface area contributed by atoms with Crippen LogP contribution in [0.5, 0.6) is 11.5 Å². The van der Waals surface area contributed by atoms with Gasteiger partial charge in [0.1, 0.15) is 12.7 Å². The van der Waals surface area contributed by atoms with Gasteiger partial charge in [-0.1, -0.05) is 12.1 Å². The molecule has 0 radical (unpaired) electrons. The van der Waals surface area contributed by atoms with E-state index in [9.17, 15) is 4.79 Å². The number of rotatable bonds is 8. The van der Waals surface area contributed by atoms with Gasteiger partial charge in [-0.3, -0.25) is 4.57 Å². The van der Waals surface area contributed by atoms with E-state index in [0.29, 0.717) is 23.8 Å². The fourth-order valence-corrected chi connectivity index (χ4v) is 4.39. The van der Waals surface area contributed by atoms with Crippen LogP contribution >= 0.6 is 0 Å². The van der Waals surface area contributed by atoms with Crippen molar-refractivity contribution in [2.24, 2.45) is 0 Å². The van der Waals surface area contributed by atoms with E-state index in [2.05, 4.69) is 37.1 Å². The number of nitrogens with zero attached hydrogens (tertiary/aromatic N) is 6. The second-order valence-electron chi connectivity index (χ2n) is 9.07. The molecule has 4 aromatic rings. The van der Waals surface area contributed by atoms with Crippen molar-refractivity contribution in [3.8, 4) is 22.8 Å². The van der Waals surface area contributed by atoms with Crippen molar-refractivity contribution in [1.29, 1.82) is 0 Å². The molecular weight excluding hydrogens is 470 g/mol. The molecular formula is C27H31N7O3. The van der Waals surface area contributed by atoms with Crippen molar-refractivity contribution in [2.75, 3.05) is 58.8 Å². The zero-order valence-corrected chi connectivity index (χ0v) is 21.1. The summed E-state index contributed by atoms with van der Waals surface area (Å²) in [6.07, 6.45) is 7.10. The van der Waals surface area contributed by atoms with Crippen molar-refractivity contribution in [3.05, 3.63) is 61.4 Å². The number of fused-ring (bicyclic) bond motifs is 1. The van der Waals surface area contributed by atoms with Crippen LogP contribution in [-0.4, -0.2) is 88.8 Å². The molecule has 1 aliphatic rings. The number of imidazole rings is 1. The Balaban J connectivity index is 1.28. The van der Waals surface area contributed by atoms with Crippen LogP contribution in [-0.2, 0) is 0 Å². The van der Waals surface area contributed by atoms with Gasteiger partial charge in [0.25, 0.3) is 0 Å². The number of hydrogen-bond acceptors (Lipinski definition) is 8. The van der Waals surface area contributed by atoms with Crippen molar-refractivity contribution >= 4 is 22.6 Å². The molecule has 10 heteroatoms. The number of hydrogen-bond donors (Lipinski definition) is 1. The highest BCUT2D eigenvalue weighted by atomic mass is 16.5. The molecule has 1 aliphatic heterocycles. The lowest BCUT2D eigenvalue weighted by Gasteiger charge is -2.32. The first-order chi connectivity index (χ1) is 18.1. The monoisotopic (exact) mass is 501 g/mol. The van der Waals surface area contributed by atoms with Crippen molar-refractivity contribution in [2.45, 2.75) is 6.42 Å². The van der Waals surface area contributed by atoms with Crippen LogP contribution in [0.4, 0.5) is 10.5 Å². The standard InChI is InChI=1S/C27H31N7O3/c1-32-11-13-33(14-12-32)9-3-15-37-25-17-23-22(16-24(25)36-2)26(30-18-29-23)20-4-6-21(7-5-20)31-27(35)34-10-8-28-19-34/h4-8,10,16-19H,3,9,11-15H2,1-2H3,(H,31,35). The predicted octanol–water partition coefficient (Wildman–Crippen LogP) is 3.60. The van der Waals surface area contributed by atoms with Gasteiger partial charge in [0, 0.05) is 67.8 Å². The number of nitrogens with one attached hydrogen (secondary N) is 1. The molecule has 37 heavy (non-hydrogen) atoms. The highest BCUT2D eigenvalue weighted by Gasteiger charge is 2.15. The van der Waals surface area contributed by atoms with E-state index < -0.39 is 0 Å². The molecule has 0 saturated carbocycles. The molecule has 1 amide bonds. The van der Waals surface area contributed by atoms with Crippen LogP contribution in [0.1, 0.15) is 6.42 Å². The van der Waals surface area contributed by atoms with E-state index in [1.807, 2.05) is 36.4 Å². The number of anilines is 1. The zero-order valence-electron chi connectivity index (χ0n) is 21.1. The van der Waals surface area contributed by atoms with Crippen LogP contribution < -0.4 is 14.8 Å². The Morgan fingerprint density at radius 1 is 1.05 bits per heavy atom. The molecule has 1 N–H and O–H groups in total. The van der Waals surface area contributed by atoms with Gasteiger partial charge in [-0.05, 0) is 31.7 Å². The molecule has 3 heterocycles. The Hall–Kier alpha value is -4.02. The minimum Gasteiger partial charge on any atom is -0.493 e. The average Bonchev–Trinajstić information content (AvgIpc) is 3.47. The van der Waals surface area contributed by atoms with Gasteiger partial charge in [-0.15, -0.1) is 0 Å². The molecule has 0 atom stereocenters. The summed E-state index contributed by atoms with van der Waals surface area (Å²) >= 11 is 0. The maximum atomic E-state index is 12.3. The first kappa shape index (κ1) is 24.7. The molecule has 1 fully saturated rings. The van der Waals surface area contributed by atoms with E-state index in [4.69, 9.17) is 9.47 Å². The van der Waals surface area contributed by atoms with E-state index in [1.165, 1.54) is 10.9 Å².